The minimum Gasteiger partial charge on any atom is -0.380 e. The second-order valence-electron chi connectivity index (χ2n) is 4.84. The number of nitrogens with zero attached hydrogens (tertiary/aromatic N) is 2. The van der Waals surface area contributed by atoms with Gasteiger partial charge < -0.3 is 15.0 Å². The number of aromatic nitrogens is 1. The van der Waals surface area contributed by atoms with Crippen LogP contribution in [0.1, 0.15) is 33.3 Å². The smallest absolute Gasteiger partial charge is 0.128 e. The molecule has 19 heavy (non-hydrogen) atoms. The Labute approximate surface area is 117 Å². The van der Waals surface area contributed by atoms with Crippen molar-refractivity contribution in [3.8, 4) is 0 Å². The summed E-state index contributed by atoms with van der Waals surface area (Å²) in [5.74, 6) is 1.02. The van der Waals surface area contributed by atoms with Crippen molar-refractivity contribution in [2.24, 2.45) is 0 Å². The summed E-state index contributed by atoms with van der Waals surface area (Å²) in [6, 6.07) is 4.73. The molecular formula is C15H27N3O. The highest BCUT2D eigenvalue weighted by Gasteiger charge is 2.05. The average Bonchev–Trinajstić information content (AvgIpc) is 2.42. The largest absolute Gasteiger partial charge is 0.380 e. The van der Waals surface area contributed by atoms with Crippen LogP contribution in [0.4, 0.5) is 5.82 Å². The molecule has 0 unspecified atom stereocenters. The molecule has 0 saturated carbocycles. The van der Waals surface area contributed by atoms with Gasteiger partial charge in [-0.2, -0.15) is 0 Å². The summed E-state index contributed by atoms with van der Waals surface area (Å²) >= 11 is 0. The van der Waals surface area contributed by atoms with Gasteiger partial charge in [0.25, 0.3) is 0 Å². The predicted molar refractivity (Wildman–Crippen MR) is 80.6 cm³/mol. The van der Waals surface area contributed by atoms with Gasteiger partial charge in [0.1, 0.15) is 5.82 Å². The molecule has 0 spiro atoms. The fourth-order valence-corrected chi connectivity index (χ4v) is 1.78. The van der Waals surface area contributed by atoms with Crippen LogP contribution in [0.5, 0.6) is 0 Å². The first kappa shape index (κ1) is 15.9. The lowest BCUT2D eigenvalue weighted by molar-refractivity contribution is 0.154. The molecule has 0 fully saturated rings. The molecule has 0 saturated heterocycles. The number of likely N-dealkylation sites (N-methyl/N-ethyl adjacent to an activating group) is 1. The molecule has 0 aliphatic carbocycles. The van der Waals surface area contributed by atoms with Crippen LogP contribution in [0, 0.1) is 0 Å². The molecule has 0 aliphatic heterocycles. The maximum Gasteiger partial charge on any atom is 0.128 e. The van der Waals surface area contributed by atoms with Crippen LogP contribution in [-0.2, 0) is 11.3 Å². The number of hydrogen-bond donors (Lipinski definition) is 1. The second kappa shape index (κ2) is 8.88. The second-order valence-corrected chi connectivity index (χ2v) is 4.84. The number of ether oxygens (including phenoxy) is 1. The van der Waals surface area contributed by atoms with Crippen molar-refractivity contribution in [1.29, 1.82) is 0 Å². The molecule has 4 heteroatoms. The van der Waals surface area contributed by atoms with Crippen molar-refractivity contribution in [3.05, 3.63) is 23.9 Å². The minimum atomic E-state index is 0.498. The average molecular weight is 265 g/mol. The highest BCUT2D eigenvalue weighted by Crippen LogP contribution is 2.11. The predicted octanol–water partition coefficient (Wildman–Crippen LogP) is 2.44. The van der Waals surface area contributed by atoms with Crippen LogP contribution < -0.4 is 10.2 Å². The molecule has 0 aromatic carbocycles. The van der Waals surface area contributed by atoms with Crippen molar-refractivity contribution in [2.45, 2.75) is 40.3 Å². The molecular weight excluding hydrogens is 238 g/mol. The first-order chi connectivity index (χ1) is 9.17. The summed E-state index contributed by atoms with van der Waals surface area (Å²) < 4.78 is 5.40. The Balaban J connectivity index is 2.52. The van der Waals surface area contributed by atoms with Gasteiger partial charge in [0.05, 0.1) is 6.61 Å². The van der Waals surface area contributed by atoms with E-state index in [0.717, 1.165) is 38.7 Å². The molecule has 4 nitrogen and oxygen atoms in total. The van der Waals surface area contributed by atoms with Crippen LogP contribution in [0.3, 0.4) is 0 Å². The summed E-state index contributed by atoms with van der Waals surface area (Å²) in [6.07, 6.45) is 1.95. The quantitative estimate of drug-likeness (QED) is 0.696. The third kappa shape index (κ3) is 6.03. The third-order valence-electron chi connectivity index (χ3n) is 2.94. The normalized spacial score (nSPS) is 11.0. The molecule has 0 atom stereocenters. The zero-order valence-electron chi connectivity index (χ0n) is 12.6. The van der Waals surface area contributed by atoms with E-state index in [2.05, 4.69) is 48.1 Å². The number of anilines is 1. The molecule has 1 aromatic heterocycles. The van der Waals surface area contributed by atoms with Gasteiger partial charge in [-0.1, -0.05) is 19.9 Å². The Hall–Kier alpha value is -1.13. The van der Waals surface area contributed by atoms with Crippen molar-refractivity contribution in [2.75, 3.05) is 31.2 Å². The van der Waals surface area contributed by atoms with E-state index in [1.165, 1.54) is 5.56 Å². The third-order valence-corrected chi connectivity index (χ3v) is 2.94. The fourth-order valence-electron chi connectivity index (χ4n) is 1.78. The van der Waals surface area contributed by atoms with Crippen LogP contribution >= 0.6 is 0 Å². The maximum absolute atomic E-state index is 5.40. The summed E-state index contributed by atoms with van der Waals surface area (Å²) in [7, 11) is 0. The van der Waals surface area contributed by atoms with Crippen LogP contribution in [-0.4, -0.2) is 37.3 Å². The van der Waals surface area contributed by atoms with Crippen LogP contribution in [0.15, 0.2) is 18.3 Å². The molecule has 1 heterocycles. The van der Waals surface area contributed by atoms with Gasteiger partial charge in [-0.3, -0.25) is 0 Å². The Kier molecular flexibility index (Phi) is 7.45. The van der Waals surface area contributed by atoms with E-state index in [1.54, 1.807) is 0 Å². The molecule has 1 aromatic rings. The summed E-state index contributed by atoms with van der Waals surface area (Å²) in [5, 5.41) is 3.39. The van der Waals surface area contributed by atoms with Crippen molar-refractivity contribution >= 4 is 5.82 Å². The maximum atomic E-state index is 5.40. The highest BCUT2D eigenvalue weighted by atomic mass is 16.5. The Morgan fingerprint density at radius 2 is 2.11 bits per heavy atom. The molecule has 0 radical (unpaired) electrons. The van der Waals surface area contributed by atoms with Gasteiger partial charge in [-0.25, -0.2) is 4.98 Å². The molecule has 0 amide bonds. The Morgan fingerprint density at radius 1 is 1.32 bits per heavy atom. The SMILES string of the molecule is CCOCCN(CC)c1ccc(CNC(C)C)cn1. The van der Waals surface area contributed by atoms with Gasteiger partial charge in [-0.15, -0.1) is 0 Å². The zero-order chi connectivity index (χ0) is 14.1. The van der Waals surface area contributed by atoms with E-state index < -0.39 is 0 Å². The molecule has 0 aliphatic rings. The van der Waals surface area contributed by atoms with Gasteiger partial charge in [0.2, 0.25) is 0 Å². The molecule has 1 N–H and O–H groups in total. The zero-order valence-corrected chi connectivity index (χ0v) is 12.6. The fraction of sp³-hybridized carbons (Fsp3) is 0.667. The first-order valence-corrected chi connectivity index (χ1v) is 7.18. The number of rotatable bonds is 9. The lowest BCUT2D eigenvalue weighted by atomic mass is 10.2. The molecule has 108 valence electrons. The topological polar surface area (TPSA) is 37.4 Å². The molecule has 0 bridgehead atoms. The van der Waals surface area contributed by atoms with Gasteiger partial charge >= 0.3 is 0 Å². The summed E-state index contributed by atoms with van der Waals surface area (Å²) in [4.78, 5) is 6.77. The Morgan fingerprint density at radius 3 is 2.63 bits per heavy atom. The monoisotopic (exact) mass is 265 g/mol. The summed E-state index contributed by atoms with van der Waals surface area (Å²) in [6.45, 7) is 12.7. The van der Waals surface area contributed by atoms with E-state index >= 15 is 0 Å². The lowest BCUT2D eigenvalue weighted by Crippen LogP contribution is -2.28. The van der Waals surface area contributed by atoms with Crippen molar-refractivity contribution in [1.82, 2.24) is 10.3 Å². The van der Waals surface area contributed by atoms with Crippen LogP contribution in [0.25, 0.3) is 0 Å². The van der Waals surface area contributed by atoms with E-state index in [4.69, 9.17) is 4.74 Å². The van der Waals surface area contributed by atoms with Gasteiger partial charge in [0.15, 0.2) is 0 Å². The lowest BCUT2D eigenvalue weighted by Gasteiger charge is -2.22. The first-order valence-electron chi connectivity index (χ1n) is 7.18. The van der Waals surface area contributed by atoms with E-state index in [0.29, 0.717) is 6.04 Å². The van der Waals surface area contributed by atoms with E-state index in [-0.39, 0.29) is 0 Å². The standard InChI is InChI=1S/C15H27N3O/c1-5-18(9-10-19-6-2)15-8-7-14(12-17-15)11-16-13(3)4/h7-8,12-13,16H,5-6,9-11H2,1-4H3. The number of hydrogen-bond acceptors (Lipinski definition) is 4. The summed E-state index contributed by atoms with van der Waals surface area (Å²) in [5.41, 5.74) is 1.22. The number of nitrogens with one attached hydrogen (secondary N) is 1. The van der Waals surface area contributed by atoms with Crippen LogP contribution in [0.2, 0.25) is 0 Å². The van der Waals surface area contributed by atoms with Crippen molar-refractivity contribution < 1.29 is 4.74 Å². The van der Waals surface area contributed by atoms with Gasteiger partial charge in [-0.05, 0) is 25.5 Å². The van der Waals surface area contributed by atoms with Crippen molar-refractivity contribution in [3.63, 3.8) is 0 Å². The van der Waals surface area contributed by atoms with E-state index in [9.17, 15) is 0 Å². The highest BCUT2D eigenvalue weighted by molar-refractivity contribution is 5.39. The number of pyridine rings is 1. The van der Waals surface area contributed by atoms with E-state index in [1.807, 2.05) is 13.1 Å². The molecule has 1 rings (SSSR count). The minimum absolute atomic E-state index is 0.498. The van der Waals surface area contributed by atoms with Gasteiger partial charge in [0, 0.05) is 38.5 Å². The Bertz CT molecular complexity index is 338.